The number of likely N-dealkylation sites (tertiary alicyclic amines) is 1. The fourth-order valence-electron chi connectivity index (χ4n) is 6.28. The summed E-state index contributed by atoms with van der Waals surface area (Å²) in [5.41, 5.74) is 6.58. The molecule has 1 saturated carbocycles. The van der Waals surface area contributed by atoms with Gasteiger partial charge in [0.15, 0.2) is 0 Å². The zero-order valence-electron chi connectivity index (χ0n) is 21.4. The van der Waals surface area contributed by atoms with Gasteiger partial charge in [0.05, 0.1) is 11.2 Å². The van der Waals surface area contributed by atoms with Crippen molar-refractivity contribution < 1.29 is 4.74 Å². The molecule has 3 unspecified atom stereocenters. The van der Waals surface area contributed by atoms with Gasteiger partial charge in [0, 0.05) is 48.2 Å². The molecule has 5 heteroatoms. The highest BCUT2D eigenvalue weighted by molar-refractivity contribution is 5.95. The van der Waals surface area contributed by atoms with Crippen LogP contribution >= 0.6 is 0 Å². The van der Waals surface area contributed by atoms with E-state index in [-0.39, 0.29) is 0 Å². The van der Waals surface area contributed by atoms with Crippen LogP contribution < -0.4 is 15.0 Å². The van der Waals surface area contributed by atoms with Crippen molar-refractivity contribution in [2.24, 2.45) is 11.3 Å². The number of nitrogens with zero attached hydrogens (tertiary/aromatic N) is 3. The lowest BCUT2D eigenvalue weighted by Gasteiger charge is -2.26. The molecule has 1 aromatic heterocycles. The molecule has 5 nitrogen and oxygen atoms in total. The Morgan fingerprint density at radius 3 is 2.57 bits per heavy atom. The van der Waals surface area contributed by atoms with Crippen molar-refractivity contribution in [1.29, 1.82) is 0 Å². The van der Waals surface area contributed by atoms with E-state index in [0.29, 0.717) is 17.9 Å². The number of anilines is 1. The Labute approximate surface area is 209 Å². The van der Waals surface area contributed by atoms with Crippen molar-refractivity contribution in [3.63, 3.8) is 0 Å². The van der Waals surface area contributed by atoms with Crippen LogP contribution in [0.5, 0.6) is 5.75 Å². The molecule has 1 aliphatic carbocycles. The summed E-state index contributed by atoms with van der Waals surface area (Å²) in [6.45, 7) is 8.59. The first-order valence-corrected chi connectivity index (χ1v) is 13.3. The van der Waals surface area contributed by atoms with Gasteiger partial charge in [-0.2, -0.15) is 0 Å². The van der Waals surface area contributed by atoms with E-state index in [4.69, 9.17) is 9.72 Å². The fraction of sp³-hybridized carbons (Fsp3) is 0.500. The summed E-state index contributed by atoms with van der Waals surface area (Å²) in [5.74, 6) is 2.40. The first-order chi connectivity index (χ1) is 17.0. The van der Waals surface area contributed by atoms with Crippen LogP contribution in [-0.2, 0) is 0 Å². The van der Waals surface area contributed by atoms with Gasteiger partial charge in [0.1, 0.15) is 12.4 Å². The van der Waals surface area contributed by atoms with Crippen molar-refractivity contribution in [1.82, 2.24) is 15.2 Å². The Balaban J connectivity index is 1.36. The Bertz CT molecular complexity index is 1210. The Hall–Kier alpha value is -2.63. The SMILES string of the molecule is CNCCOc1ccc(-c2cc(N3CCC4(CCN(C)C4)C3)c3ccc(C4CC4C)cc3n2)cc1. The minimum Gasteiger partial charge on any atom is -0.492 e. The topological polar surface area (TPSA) is 40.6 Å². The van der Waals surface area contributed by atoms with Crippen molar-refractivity contribution >= 4 is 16.6 Å². The maximum Gasteiger partial charge on any atom is 0.119 e. The second-order valence-electron chi connectivity index (χ2n) is 11.3. The summed E-state index contributed by atoms with van der Waals surface area (Å²) in [6.07, 6.45) is 3.90. The smallest absolute Gasteiger partial charge is 0.119 e. The van der Waals surface area contributed by atoms with Gasteiger partial charge in [-0.1, -0.05) is 19.1 Å². The molecule has 2 saturated heterocycles. The standard InChI is InChI=1S/C30H38N4O/c1-21-16-26(21)23-6-9-25-28(17-23)32-27(22-4-7-24(8-5-22)35-15-12-31-2)18-29(25)34-14-11-30(20-34)10-13-33(3)19-30/h4-9,17-18,21,26,31H,10-16,19-20H2,1-3H3. The van der Waals surface area contributed by atoms with E-state index >= 15 is 0 Å². The quantitative estimate of drug-likeness (QED) is 0.483. The zero-order valence-corrected chi connectivity index (χ0v) is 21.4. The first-order valence-electron chi connectivity index (χ1n) is 13.3. The molecule has 0 bridgehead atoms. The zero-order chi connectivity index (χ0) is 24.0. The predicted octanol–water partition coefficient (Wildman–Crippen LogP) is 5.16. The van der Waals surface area contributed by atoms with Gasteiger partial charge in [-0.25, -0.2) is 4.98 Å². The third kappa shape index (κ3) is 4.52. The number of fused-ring (bicyclic) bond motifs is 1. The molecule has 2 aromatic carbocycles. The summed E-state index contributed by atoms with van der Waals surface area (Å²) in [7, 11) is 4.21. The van der Waals surface area contributed by atoms with Crippen LogP contribution in [0.2, 0.25) is 0 Å². The van der Waals surface area contributed by atoms with Crippen molar-refractivity contribution in [2.75, 3.05) is 58.3 Å². The summed E-state index contributed by atoms with van der Waals surface area (Å²) < 4.78 is 5.84. The van der Waals surface area contributed by atoms with Crippen LogP contribution in [0.1, 0.15) is 37.7 Å². The maximum absolute atomic E-state index is 5.84. The van der Waals surface area contributed by atoms with E-state index in [1.165, 1.54) is 49.0 Å². The molecule has 3 aliphatic rings. The average Bonchev–Trinajstić information content (AvgIpc) is 3.29. The molecule has 2 aliphatic heterocycles. The molecule has 0 radical (unpaired) electrons. The van der Waals surface area contributed by atoms with Gasteiger partial charge in [-0.05, 0) is 93.7 Å². The second kappa shape index (κ2) is 9.11. The average molecular weight is 471 g/mol. The Morgan fingerprint density at radius 2 is 1.86 bits per heavy atom. The van der Waals surface area contributed by atoms with Crippen LogP contribution in [0, 0.1) is 11.3 Å². The summed E-state index contributed by atoms with van der Waals surface area (Å²) in [4.78, 5) is 10.3. The highest BCUT2D eigenvalue weighted by atomic mass is 16.5. The van der Waals surface area contributed by atoms with Crippen molar-refractivity contribution in [2.45, 2.75) is 32.1 Å². The molecule has 1 spiro atoms. The number of ether oxygens (including phenoxy) is 1. The number of likely N-dealkylation sites (N-methyl/N-ethyl adjacent to an activating group) is 1. The highest BCUT2D eigenvalue weighted by Crippen LogP contribution is 2.48. The molecule has 35 heavy (non-hydrogen) atoms. The van der Waals surface area contributed by atoms with E-state index in [0.717, 1.165) is 48.1 Å². The van der Waals surface area contributed by atoms with E-state index in [2.05, 4.69) is 77.6 Å². The first kappa shape index (κ1) is 22.8. The highest BCUT2D eigenvalue weighted by Gasteiger charge is 2.43. The van der Waals surface area contributed by atoms with Gasteiger partial charge >= 0.3 is 0 Å². The molecule has 3 heterocycles. The summed E-state index contributed by atoms with van der Waals surface area (Å²) >= 11 is 0. The van der Waals surface area contributed by atoms with Crippen LogP contribution in [0.25, 0.3) is 22.2 Å². The molecule has 184 valence electrons. The number of pyridine rings is 1. The van der Waals surface area contributed by atoms with Gasteiger partial charge in [-0.15, -0.1) is 0 Å². The molecule has 3 fully saturated rings. The van der Waals surface area contributed by atoms with Crippen molar-refractivity contribution in [3.8, 4) is 17.0 Å². The van der Waals surface area contributed by atoms with E-state index in [9.17, 15) is 0 Å². The van der Waals surface area contributed by atoms with E-state index in [1.807, 2.05) is 7.05 Å². The number of rotatable bonds is 7. The van der Waals surface area contributed by atoms with Gasteiger partial charge in [0.25, 0.3) is 0 Å². The number of hydrogen-bond acceptors (Lipinski definition) is 5. The third-order valence-corrected chi connectivity index (χ3v) is 8.53. The minimum atomic E-state index is 0.445. The third-order valence-electron chi connectivity index (χ3n) is 8.53. The lowest BCUT2D eigenvalue weighted by molar-refractivity contribution is 0.312. The van der Waals surface area contributed by atoms with E-state index < -0.39 is 0 Å². The number of benzene rings is 2. The molecular weight excluding hydrogens is 432 g/mol. The summed E-state index contributed by atoms with van der Waals surface area (Å²) in [6, 6.07) is 17.8. The molecule has 3 aromatic rings. The maximum atomic E-state index is 5.84. The fourth-order valence-corrected chi connectivity index (χ4v) is 6.28. The number of hydrogen-bond donors (Lipinski definition) is 1. The molecule has 0 amide bonds. The summed E-state index contributed by atoms with van der Waals surface area (Å²) in [5, 5.41) is 4.42. The molecule has 3 atom stereocenters. The van der Waals surface area contributed by atoms with Crippen molar-refractivity contribution in [3.05, 3.63) is 54.1 Å². The lowest BCUT2D eigenvalue weighted by Crippen LogP contribution is -2.29. The van der Waals surface area contributed by atoms with Crippen LogP contribution in [0.4, 0.5) is 5.69 Å². The van der Waals surface area contributed by atoms with Gasteiger partial charge in [-0.3, -0.25) is 0 Å². The Kier molecular flexibility index (Phi) is 5.93. The molecule has 6 rings (SSSR count). The number of nitrogens with one attached hydrogen (secondary N) is 1. The van der Waals surface area contributed by atoms with Crippen LogP contribution in [-0.4, -0.2) is 63.3 Å². The molecular formula is C30H38N4O. The normalized spacial score (nSPS) is 26.2. The lowest BCUT2D eigenvalue weighted by atomic mass is 9.86. The van der Waals surface area contributed by atoms with Gasteiger partial charge < -0.3 is 19.9 Å². The largest absolute Gasteiger partial charge is 0.492 e. The van der Waals surface area contributed by atoms with Crippen LogP contribution in [0.3, 0.4) is 0 Å². The monoisotopic (exact) mass is 470 g/mol. The Morgan fingerprint density at radius 1 is 1.06 bits per heavy atom. The van der Waals surface area contributed by atoms with Gasteiger partial charge in [0.2, 0.25) is 0 Å². The van der Waals surface area contributed by atoms with Crippen LogP contribution in [0.15, 0.2) is 48.5 Å². The minimum absolute atomic E-state index is 0.445. The number of aromatic nitrogens is 1. The predicted molar refractivity (Wildman–Crippen MR) is 144 cm³/mol. The van der Waals surface area contributed by atoms with E-state index in [1.54, 1.807) is 0 Å². The molecule has 1 N–H and O–H groups in total. The second-order valence-corrected chi connectivity index (χ2v) is 11.3.